The van der Waals surface area contributed by atoms with E-state index in [0.717, 1.165) is 25.0 Å². The zero-order chi connectivity index (χ0) is 17.5. The Labute approximate surface area is 142 Å². The second-order valence-electron chi connectivity index (χ2n) is 5.35. The van der Waals surface area contributed by atoms with Gasteiger partial charge in [-0.05, 0) is 13.8 Å². The smallest absolute Gasteiger partial charge is 0.300 e. The molecule has 3 rings (SSSR count). The van der Waals surface area contributed by atoms with Gasteiger partial charge in [0.05, 0.1) is 11.4 Å². The Morgan fingerprint density at radius 3 is 1.92 bits per heavy atom. The highest BCUT2D eigenvalue weighted by molar-refractivity contribution is 5.79. The van der Waals surface area contributed by atoms with Gasteiger partial charge in [-0.25, -0.2) is 4.98 Å². The topological polar surface area (TPSA) is 55.1 Å². The Hall–Kier alpha value is -2.88. The fourth-order valence-corrected chi connectivity index (χ4v) is 2.64. The van der Waals surface area contributed by atoms with E-state index in [0.29, 0.717) is 0 Å². The van der Waals surface area contributed by atoms with Crippen LogP contribution in [-0.4, -0.2) is 20.6 Å². The van der Waals surface area contributed by atoms with Gasteiger partial charge in [0.15, 0.2) is 0 Å². The van der Waals surface area contributed by atoms with E-state index in [1.54, 1.807) is 0 Å². The molecule has 0 fully saturated rings. The summed E-state index contributed by atoms with van der Waals surface area (Å²) < 4.78 is 2.28. The molecule has 0 saturated carbocycles. The molecule has 0 radical (unpaired) electrons. The molecule has 4 nitrogen and oxygen atoms in total. The maximum atomic E-state index is 9.00. The highest BCUT2D eigenvalue weighted by Crippen LogP contribution is 2.32. The molecule has 0 spiro atoms. The average Bonchev–Trinajstić information content (AvgIpc) is 2.92. The second-order valence-corrected chi connectivity index (χ2v) is 5.35. The number of nitrogens with zero attached hydrogens (tertiary/aromatic N) is 2. The molecule has 4 heteroatoms. The van der Waals surface area contributed by atoms with Crippen molar-refractivity contribution in [2.45, 2.75) is 27.3 Å². The van der Waals surface area contributed by atoms with Gasteiger partial charge in [0, 0.05) is 24.6 Å². The summed E-state index contributed by atoms with van der Waals surface area (Å²) in [6.45, 7) is 6.24. The monoisotopic (exact) mass is 322 g/mol. The van der Waals surface area contributed by atoms with Crippen LogP contribution in [-0.2, 0) is 11.3 Å². The van der Waals surface area contributed by atoms with Crippen molar-refractivity contribution in [3.05, 3.63) is 66.5 Å². The van der Waals surface area contributed by atoms with Gasteiger partial charge in [-0.15, -0.1) is 0 Å². The first-order valence-electron chi connectivity index (χ1n) is 7.92. The highest BCUT2D eigenvalue weighted by Gasteiger charge is 2.16. The lowest BCUT2D eigenvalue weighted by Gasteiger charge is -2.09. The zero-order valence-corrected chi connectivity index (χ0v) is 14.2. The van der Waals surface area contributed by atoms with E-state index in [4.69, 9.17) is 14.9 Å². The number of carboxylic acid groups (broad SMARTS) is 1. The van der Waals surface area contributed by atoms with Crippen LogP contribution in [0.25, 0.3) is 22.5 Å². The van der Waals surface area contributed by atoms with Gasteiger partial charge < -0.3 is 9.67 Å². The van der Waals surface area contributed by atoms with E-state index in [-0.39, 0.29) is 0 Å². The van der Waals surface area contributed by atoms with E-state index in [2.05, 4.69) is 66.9 Å². The largest absolute Gasteiger partial charge is 0.481 e. The number of hydrogen-bond donors (Lipinski definition) is 1. The van der Waals surface area contributed by atoms with Crippen molar-refractivity contribution in [2.24, 2.45) is 0 Å². The van der Waals surface area contributed by atoms with E-state index >= 15 is 0 Å². The van der Waals surface area contributed by atoms with Crippen LogP contribution in [0.1, 0.15) is 19.7 Å². The number of hydrogen-bond acceptors (Lipinski definition) is 2. The molecule has 0 atom stereocenters. The summed E-state index contributed by atoms with van der Waals surface area (Å²) in [5, 5.41) is 7.42. The number of imidazole rings is 1. The molecule has 0 saturated heterocycles. The first-order chi connectivity index (χ1) is 11.5. The third-order valence-corrected chi connectivity index (χ3v) is 3.57. The molecule has 1 heterocycles. The lowest BCUT2D eigenvalue weighted by atomic mass is 10.0. The van der Waals surface area contributed by atoms with Crippen LogP contribution in [0.4, 0.5) is 0 Å². The van der Waals surface area contributed by atoms with Crippen molar-refractivity contribution in [1.29, 1.82) is 0 Å². The molecule has 0 aliphatic carbocycles. The van der Waals surface area contributed by atoms with Gasteiger partial charge in [0.2, 0.25) is 0 Å². The Kier molecular flexibility index (Phi) is 5.90. The molecule has 0 amide bonds. The average molecular weight is 322 g/mol. The summed E-state index contributed by atoms with van der Waals surface area (Å²) in [5.74, 6) is 0.227. The molecule has 1 aromatic heterocycles. The molecule has 0 aliphatic heterocycles. The van der Waals surface area contributed by atoms with Crippen LogP contribution in [0, 0.1) is 6.92 Å². The molecule has 0 unspecified atom stereocenters. The van der Waals surface area contributed by atoms with E-state index < -0.39 is 5.97 Å². The minimum absolute atomic E-state index is 0.833. The summed E-state index contributed by atoms with van der Waals surface area (Å²) in [6.07, 6.45) is 0. The van der Waals surface area contributed by atoms with Crippen LogP contribution in [0.3, 0.4) is 0 Å². The van der Waals surface area contributed by atoms with Crippen molar-refractivity contribution in [3.63, 3.8) is 0 Å². The predicted molar refractivity (Wildman–Crippen MR) is 96.8 cm³/mol. The van der Waals surface area contributed by atoms with Gasteiger partial charge in [-0.2, -0.15) is 0 Å². The lowest BCUT2D eigenvalue weighted by Crippen LogP contribution is -1.99. The Morgan fingerprint density at radius 2 is 1.46 bits per heavy atom. The number of aryl methyl sites for hydroxylation is 1. The Balaban J connectivity index is 0.000000471. The maximum Gasteiger partial charge on any atom is 0.300 e. The number of carboxylic acids is 1. The highest BCUT2D eigenvalue weighted by atomic mass is 16.4. The molecule has 24 heavy (non-hydrogen) atoms. The van der Waals surface area contributed by atoms with Crippen molar-refractivity contribution >= 4 is 5.97 Å². The number of benzene rings is 2. The fourth-order valence-electron chi connectivity index (χ4n) is 2.64. The number of carbonyl (C=O) groups is 1. The quantitative estimate of drug-likeness (QED) is 0.764. The van der Waals surface area contributed by atoms with Gasteiger partial charge in [-0.3, -0.25) is 4.79 Å². The first kappa shape index (κ1) is 17.5. The van der Waals surface area contributed by atoms with E-state index in [1.807, 2.05) is 12.1 Å². The van der Waals surface area contributed by atoms with E-state index in [1.165, 1.54) is 16.8 Å². The number of rotatable bonds is 3. The molecule has 2 aromatic carbocycles. The number of aromatic nitrogens is 2. The van der Waals surface area contributed by atoms with Crippen molar-refractivity contribution < 1.29 is 9.90 Å². The number of aliphatic carboxylic acids is 1. The van der Waals surface area contributed by atoms with Gasteiger partial charge >= 0.3 is 0 Å². The van der Waals surface area contributed by atoms with Crippen LogP contribution in [0.2, 0.25) is 0 Å². The summed E-state index contributed by atoms with van der Waals surface area (Å²) in [5.41, 5.74) is 4.66. The molecule has 3 aromatic rings. The SMILES string of the molecule is CC(=O)O.CCn1c(C)nc(-c2ccccc2)c1-c1ccccc1. The third-order valence-electron chi connectivity index (χ3n) is 3.57. The summed E-state index contributed by atoms with van der Waals surface area (Å²) in [7, 11) is 0. The minimum atomic E-state index is -0.833. The van der Waals surface area contributed by atoms with Crippen molar-refractivity contribution in [1.82, 2.24) is 9.55 Å². The molecular weight excluding hydrogens is 300 g/mol. The third kappa shape index (κ3) is 4.10. The summed E-state index contributed by atoms with van der Waals surface area (Å²) in [6, 6.07) is 20.9. The summed E-state index contributed by atoms with van der Waals surface area (Å²) >= 11 is 0. The van der Waals surface area contributed by atoms with Crippen molar-refractivity contribution in [3.8, 4) is 22.5 Å². The minimum Gasteiger partial charge on any atom is -0.481 e. The van der Waals surface area contributed by atoms with Crippen LogP contribution in [0.5, 0.6) is 0 Å². The predicted octanol–water partition coefficient (Wildman–Crippen LogP) is 4.64. The first-order valence-corrected chi connectivity index (χ1v) is 7.92. The van der Waals surface area contributed by atoms with Crippen LogP contribution < -0.4 is 0 Å². The van der Waals surface area contributed by atoms with Crippen LogP contribution in [0.15, 0.2) is 60.7 Å². The maximum absolute atomic E-state index is 9.00. The zero-order valence-electron chi connectivity index (χ0n) is 14.2. The second kappa shape index (κ2) is 8.11. The standard InChI is InChI=1S/C18H18N2.C2H4O2/c1-3-20-14(2)19-17(15-10-6-4-7-11-15)18(20)16-12-8-5-9-13-16;1-2(3)4/h4-13H,3H2,1-2H3;1H3,(H,3,4). The van der Waals surface area contributed by atoms with Crippen molar-refractivity contribution in [2.75, 3.05) is 0 Å². The molecule has 1 N–H and O–H groups in total. The molecular formula is C20H22N2O2. The lowest BCUT2D eigenvalue weighted by molar-refractivity contribution is -0.134. The van der Waals surface area contributed by atoms with Crippen LogP contribution >= 0.6 is 0 Å². The van der Waals surface area contributed by atoms with Gasteiger partial charge in [-0.1, -0.05) is 60.7 Å². The summed E-state index contributed by atoms with van der Waals surface area (Å²) in [4.78, 5) is 13.8. The Bertz CT molecular complexity index is 789. The molecule has 0 bridgehead atoms. The molecule has 124 valence electrons. The normalized spacial score (nSPS) is 9.96. The molecule has 0 aliphatic rings. The van der Waals surface area contributed by atoms with Gasteiger partial charge in [0.25, 0.3) is 5.97 Å². The fraction of sp³-hybridized carbons (Fsp3) is 0.200. The Morgan fingerprint density at radius 1 is 1.00 bits per heavy atom. The van der Waals surface area contributed by atoms with Gasteiger partial charge in [0.1, 0.15) is 5.82 Å². The van der Waals surface area contributed by atoms with E-state index in [9.17, 15) is 0 Å².